The lowest BCUT2D eigenvalue weighted by atomic mass is 10.1. The molecule has 0 N–H and O–H groups in total. The van der Waals surface area contributed by atoms with Crippen LogP contribution in [0.25, 0.3) is 6.08 Å². The van der Waals surface area contributed by atoms with E-state index in [1.54, 1.807) is 0 Å². The highest BCUT2D eigenvalue weighted by Crippen LogP contribution is 2.13. The van der Waals surface area contributed by atoms with Crippen LogP contribution in [0.3, 0.4) is 0 Å². The van der Waals surface area contributed by atoms with E-state index in [-0.39, 0.29) is 0 Å². The zero-order valence-corrected chi connectivity index (χ0v) is 7.64. The zero-order chi connectivity index (χ0) is 9.10. The predicted molar refractivity (Wildman–Crippen MR) is 54.9 cm³/mol. The van der Waals surface area contributed by atoms with Crippen LogP contribution in [0.1, 0.15) is 24.5 Å². The molecule has 13 heavy (non-hydrogen) atoms. The lowest BCUT2D eigenvalue weighted by Crippen LogP contribution is -1.95. The van der Waals surface area contributed by atoms with Crippen molar-refractivity contribution in [1.29, 1.82) is 0 Å². The molecule has 1 aliphatic rings. The minimum Gasteiger partial charge on any atom is -0.285 e. The van der Waals surface area contributed by atoms with Gasteiger partial charge in [-0.25, -0.2) is 0 Å². The van der Waals surface area contributed by atoms with Gasteiger partial charge >= 0.3 is 0 Å². The number of rotatable bonds is 1. The fraction of sp³-hybridized carbons (Fsp3) is 0.273. The maximum Gasteiger partial charge on any atom is 0.0680 e. The maximum atomic E-state index is 4.43. The van der Waals surface area contributed by atoms with Crippen LogP contribution in [0.15, 0.2) is 29.5 Å². The molecule has 2 nitrogen and oxygen atoms in total. The number of aromatic nitrogens is 1. The Hall–Kier alpha value is -1.44. The smallest absolute Gasteiger partial charge is 0.0680 e. The van der Waals surface area contributed by atoms with E-state index in [1.165, 1.54) is 5.56 Å². The molecule has 0 aliphatic carbocycles. The van der Waals surface area contributed by atoms with Crippen molar-refractivity contribution in [2.75, 3.05) is 0 Å². The summed E-state index contributed by atoms with van der Waals surface area (Å²) in [5, 5.41) is 0. The third-order valence-corrected chi connectivity index (χ3v) is 2.21. The molecule has 0 spiro atoms. The van der Waals surface area contributed by atoms with Crippen LogP contribution in [0.2, 0.25) is 0 Å². The topological polar surface area (TPSA) is 25.2 Å². The first-order chi connectivity index (χ1) is 6.40. The molecule has 1 aliphatic heterocycles. The van der Waals surface area contributed by atoms with Gasteiger partial charge in [-0.2, -0.15) is 0 Å². The summed E-state index contributed by atoms with van der Waals surface area (Å²) < 4.78 is 0. The minimum atomic E-state index is 0.326. The third-order valence-electron chi connectivity index (χ3n) is 2.21. The van der Waals surface area contributed by atoms with Gasteiger partial charge in [0.2, 0.25) is 0 Å². The standard InChI is InChI=1S/C11H12N2/c1-2-11-4-3-9-5-6-12-7-10(9)8-13-11/h3-8,11H,2H2,1H3. The van der Waals surface area contributed by atoms with Gasteiger partial charge in [0.25, 0.3) is 0 Å². The summed E-state index contributed by atoms with van der Waals surface area (Å²) in [6.45, 7) is 2.14. The van der Waals surface area contributed by atoms with Gasteiger partial charge in [0.05, 0.1) is 6.04 Å². The molecule has 0 saturated heterocycles. The highest BCUT2D eigenvalue weighted by molar-refractivity contribution is 5.86. The fourth-order valence-electron chi connectivity index (χ4n) is 1.36. The van der Waals surface area contributed by atoms with E-state index in [1.807, 2.05) is 24.7 Å². The quantitative estimate of drug-likeness (QED) is 0.638. The van der Waals surface area contributed by atoms with E-state index in [9.17, 15) is 0 Å². The molecule has 66 valence electrons. The fourth-order valence-corrected chi connectivity index (χ4v) is 1.36. The van der Waals surface area contributed by atoms with Crippen molar-refractivity contribution in [3.05, 3.63) is 35.7 Å². The van der Waals surface area contributed by atoms with Crippen LogP contribution >= 0.6 is 0 Å². The van der Waals surface area contributed by atoms with Crippen LogP contribution in [0, 0.1) is 0 Å². The van der Waals surface area contributed by atoms with Crippen LogP contribution < -0.4 is 0 Å². The molecule has 1 atom stereocenters. The van der Waals surface area contributed by atoms with Gasteiger partial charge in [0.1, 0.15) is 0 Å². The van der Waals surface area contributed by atoms with Crippen LogP contribution in [-0.4, -0.2) is 17.2 Å². The van der Waals surface area contributed by atoms with Crippen molar-refractivity contribution in [3.8, 4) is 0 Å². The van der Waals surface area contributed by atoms with Gasteiger partial charge in [-0.1, -0.05) is 19.1 Å². The van der Waals surface area contributed by atoms with Gasteiger partial charge in [-0.3, -0.25) is 9.98 Å². The summed E-state index contributed by atoms with van der Waals surface area (Å²) in [6, 6.07) is 2.34. The van der Waals surface area contributed by atoms with E-state index in [4.69, 9.17) is 0 Å². The molecule has 0 bridgehead atoms. The van der Waals surface area contributed by atoms with Gasteiger partial charge in [-0.15, -0.1) is 0 Å². The Morgan fingerprint density at radius 2 is 2.31 bits per heavy atom. The number of fused-ring (bicyclic) bond motifs is 1. The average molecular weight is 172 g/mol. The van der Waals surface area contributed by atoms with Crippen molar-refractivity contribution >= 4 is 12.3 Å². The molecular formula is C11H12N2. The van der Waals surface area contributed by atoms with Crippen molar-refractivity contribution in [2.24, 2.45) is 4.99 Å². The summed E-state index contributed by atoms with van der Waals surface area (Å²) in [5.41, 5.74) is 2.31. The van der Waals surface area contributed by atoms with Crippen molar-refractivity contribution in [1.82, 2.24) is 4.98 Å². The zero-order valence-electron chi connectivity index (χ0n) is 7.64. The second kappa shape index (κ2) is 3.52. The molecule has 0 aromatic carbocycles. The molecule has 2 rings (SSSR count). The SMILES string of the molecule is CCC1C=Cc2ccncc2C=N1. The number of hydrogen-bond acceptors (Lipinski definition) is 2. The minimum absolute atomic E-state index is 0.326. The van der Waals surface area contributed by atoms with E-state index >= 15 is 0 Å². The molecule has 1 aromatic rings. The van der Waals surface area contributed by atoms with Gasteiger partial charge in [-0.05, 0) is 18.1 Å². The monoisotopic (exact) mass is 172 g/mol. The van der Waals surface area contributed by atoms with Gasteiger partial charge < -0.3 is 0 Å². The summed E-state index contributed by atoms with van der Waals surface area (Å²) >= 11 is 0. The Labute approximate surface area is 78.0 Å². The third kappa shape index (κ3) is 1.66. The molecule has 0 radical (unpaired) electrons. The first kappa shape index (κ1) is 8.17. The van der Waals surface area contributed by atoms with Crippen molar-refractivity contribution in [2.45, 2.75) is 19.4 Å². The highest BCUT2D eigenvalue weighted by atomic mass is 14.8. The highest BCUT2D eigenvalue weighted by Gasteiger charge is 2.03. The lowest BCUT2D eigenvalue weighted by Gasteiger charge is -1.98. The second-order valence-corrected chi connectivity index (χ2v) is 3.12. The summed E-state index contributed by atoms with van der Waals surface area (Å²) in [6.07, 6.45) is 10.9. The number of aliphatic imine (C=N–C) groups is 1. The maximum absolute atomic E-state index is 4.43. The van der Waals surface area contributed by atoms with E-state index in [0.29, 0.717) is 6.04 Å². The molecule has 1 unspecified atom stereocenters. The Bertz CT molecular complexity index is 320. The molecule has 0 fully saturated rings. The molecular weight excluding hydrogens is 160 g/mol. The first-order valence-corrected chi connectivity index (χ1v) is 4.55. The summed E-state index contributed by atoms with van der Waals surface area (Å²) in [4.78, 5) is 8.50. The Balaban J connectivity index is 2.41. The molecule has 2 heterocycles. The van der Waals surface area contributed by atoms with E-state index in [2.05, 4.69) is 29.1 Å². The molecule has 0 amide bonds. The Morgan fingerprint density at radius 3 is 3.15 bits per heavy atom. The summed E-state index contributed by atoms with van der Waals surface area (Å²) in [5.74, 6) is 0. The number of hydrogen-bond donors (Lipinski definition) is 0. The van der Waals surface area contributed by atoms with E-state index in [0.717, 1.165) is 12.0 Å². The molecule has 2 heteroatoms. The Kier molecular flexibility index (Phi) is 2.21. The van der Waals surface area contributed by atoms with Crippen LogP contribution in [-0.2, 0) is 0 Å². The van der Waals surface area contributed by atoms with Gasteiger partial charge in [0.15, 0.2) is 0 Å². The lowest BCUT2D eigenvalue weighted by molar-refractivity contribution is 0.792. The Morgan fingerprint density at radius 1 is 1.38 bits per heavy atom. The van der Waals surface area contributed by atoms with E-state index < -0.39 is 0 Å². The van der Waals surface area contributed by atoms with Gasteiger partial charge in [0, 0.05) is 24.2 Å². The van der Waals surface area contributed by atoms with Crippen molar-refractivity contribution < 1.29 is 0 Å². The average Bonchev–Trinajstić information content (AvgIpc) is 2.39. The van der Waals surface area contributed by atoms with Crippen molar-refractivity contribution in [3.63, 3.8) is 0 Å². The van der Waals surface area contributed by atoms with Crippen LogP contribution in [0.5, 0.6) is 0 Å². The molecule has 0 saturated carbocycles. The van der Waals surface area contributed by atoms with Crippen LogP contribution in [0.4, 0.5) is 0 Å². The summed E-state index contributed by atoms with van der Waals surface area (Å²) in [7, 11) is 0. The second-order valence-electron chi connectivity index (χ2n) is 3.12. The first-order valence-electron chi connectivity index (χ1n) is 4.55. The molecule has 1 aromatic heterocycles. The normalized spacial score (nSPS) is 19.6. The predicted octanol–water partition coefficient (Wildman–Crippen LogP) is 2.31. The number of pyridine rings is 1. The number of nitrogens with zero attached hydrogens (tertiary/aromatic N) is 2. The largest absolute Gasteiger partial charge is 0.285 e.